The van der Waals surface area contributed by atoms with Gasteiger partial charge in [-0.05, 0) is 18.2 Å². The Kier molecular flexibility index (Phi) is 2.79. The summed E-state index contributed by atoms with van der Waals surface area (Å²) < 4.78 is 0. The smallest absolute Gasteiger partial charge is 0.115 e. The molecule has 0 radical (unpaired) electrons. The molecule has 0 saturated carbocycles. The molecule has 0 unspecified atom stereocenters. The molecule has 0 amide bonds. The molecule has 1 aromatic heterocycles. The van der Waals surface area contributed by atoms with Crippen molar-refractivity contribution >= 4 is 11.4 Å². The molecule has 78 valence electrons. The summed E-state index contributed by atoms with van der Waals surface area (Å²) in [6.45, 7) is 0. The first-order chi connectivity index (χ1) is 7.81. The minimum Gasteiger partial charge on any atom is -0.342 e. The highest BCUT2D eigenvalue weighted by atomic mass is 15.1. The topological polar surface area (TPSA) is 52.8 Å². The van der Waals surface area contributed by atoms with E-state index in [0.29, 0.717) is 5.56 Å². The van der Waals surface area contributed by atoms with E-state index in [2.05, 4.69) is 16.0 Å². The van der Waals surface area contributed by atoms with Crippen LogP contribution in [0.2, 0.25) is 0 Å². The van der Waals surface area contributed by atoms with E-state index in [1.54, 1.807) is 18.5 Å². The van der Waals surface area contributed by atoms with E-state index in [9.17, 15) is 0 Å². The summed E-state index contributed by atoms with van der Waals surface area (Å²) in [5.74, 6) is 0. The highest BCUT2D eigenvalue weighted by molar-refractivity contribution is 5.62. The monoisotopic (exact) mass is 210 g/mol. The predicted molar refractivity (Wildman–Crippen MR) is 61.3 cm³/mol. The lowest BCUT2D eigenvalue weighted by atomic mass is 10.2. The average molecular weight is 210 g/mol. The number of aromatic nitrogens is 2. The molecule has 2 aromatic rings. The summed E-state index contributed by atoms with van der Waals surface area (Å²) in [4.78, 5) is 9.84. The Hall–Kier alpha value is -2.41. The van der Waals surface area contributed by atoms with Crippen molar-refractivity contribution in [2.45, 2.75) is 0 Å². The number of benzene rings is 1. The normalized spacial score (nSPS) is 9.50. The third-order valence-electron chi connectivity index (χ3n) is 2.30. The van der Waals surface area contributed by atoms with Gasteiger partial charge >= 0.3 is 0 Å². The summed E-state index contributed by atoms with van der Waals surface area (Å²) in [6.07, 6.45) is 4.95. The number of hydrogen-bond acceptors (Lipinski definition) is 4. The van der Waals surface area contributed by atoms with Gasteiger partial charge in [0.15, 0.2) is 0 Å². The molecule has 0 fully saturated rings. The van der Waals surface area contributed by atoms with Crippen LogP contribution >= 0.6 is 0 Å². The van der Waals surface area contributed by atoms with Crippen molar-refractivity contribution in [1.82, 2.24) is 9.97 Å². The van der Waals surface area contributed by atoms with Gasteiger partial charge in [-0.1, -0.05) is 6.07 Å². The Labute approximate surface area is 93.8 Å². The van der Waals surface area contributed by atoms with Crippen LogP contribution in [0.25, 0.3) is 0 Å². The summed E-state index contributed by atoms with van der Waals surface area (Å²) in [5, 5.41) is 8.82. The molecule has 0 aliphatic carbocycles. The third kappa shape index (κ3) is 1.98. The van der Waals surface area contributed by atoms with E-state index in [4.69, 9.17) is 5.26 Å². The number of hydrogen-bond donors (Lipinski definition) is 0. The first kappa shape index (κ1) is 10.1. The Morgan fingerprint density at radius 3 is 2.62 bits per heavy atom. The van der Waals surface area contributed by atoms with Gasteiger partial charge in [0, 0.05) is 12.7 Å². The van der Waals surface area contributed by atoms with Crippen molar-refractivity contribution in [2.24, 2.45) is 0 Å². The molecule has 0 bridgehead atoms. The number of nitrogens with zero attached hydrogens (tertiary/aromatic N) is 4. The van der Waals surface area contributed by atoms with Gasteiger partial charge in [-0.2, -0.15) is 5.26 Å². The van der Waals surface area contributed by atoms with E-state index < -0.39 is 0 Å². The zero-order chi connectivity index (χ0) is 11.4. The van der Waals surface area contributed by atoms with E-state index >= 15 is 0 Å². The minimum atomic E-state index is 0.640. The molecule has 0 aliphatic rings. The molecule has 0 atom stereocenters. The van der Waals surface area contributed by atoms with Gasteiger partial charge in [-0.25, -0.2) is 9.97 Å². The van der Waals surface area contributed by atoms with Crippen LogP contribution < -0.4 is 4.90 Å². The van der Waals surface area contributed by atoms with Gasteiger partial charge in [-0.15, -0.1) is 0 Å². The lowest BCUT2D eigenvalue weighted by Crippen LogP contribution is -2.09. The van der Waals surface area contributed by atoms with Crippen molar-refractivity contribution in [3.8, 4) is 6.07 Å². The molecule has 4 heteroatoms. The van der Waals surface area contributed by atoms with Gasteiger partial charge < -0.3 is 4.90 Å². The predicted octanol–water partition coefficient (Wildman–Crippen LogP) is 2.12. The molecule has 1 aromatic carbocycles. The Morgan fingerprint density at radius 1 is 1.19 bits per heavy atom. The van der Waals surface area contributed by atoms with Gasteiger partial charge in [0.25, 0.3) is 0 Å². The van der Waals surface area contributed by atoms with Crippen molar-refractivity contribution in [2.75, 3.05) is 11.9 Å². The molecular weight excluding hydrogens is 200 g/mol. The summed E-state index contributed by atoms with van der Waals surface area (Å²) in [6, 6.07) is 9.51. The highest BCUT2D eigenvalue weighted by Crippen LogP contribution is 2.22. The second-order valence-electron chi connectivity index (χ2n) is 3.32. The maximum atomic E-state index is 8.82. The van der Waals surface area contributed by atoms with Crippen LogP contribution in [0.15, 0.2) is 43.0 Å². The minimum absolute atomic E-state index is 0.640. The molecule has 0 aliphatic heterocycles. The second-order valence-corrected chi connectivity index (χ2v) is 3.32. The summed E-state index contributed by atoms with van der Waals surface area (Å²) in [5.41, 5.74) is 2.47. The van der Waals surface area contributed by atoms with Crippen molar-refractivity contribution in [3.63, 3.8) is 0 Å². The van der Waals surface area contributed by atoms with Crippen molar-refractivity contribution < 1.29 is 0 Å². The maximum absolute atomic E-state index is 8.82. The fraction of sp³-hybridized carbons (Fsp3) is 0.0833. The summed E-state index contributed by atoms with van der Waals surface area (Å²) in [7, 11) is 1.91. The largest absolute Gasteiger partial charge is 0.342 e. The van der Waals surface area contributed by atoms with Crippen LogP contribution in [0.4, 0.5) is 11.4 Å². The molecule has 0 N–H and O–H groups in total. The molecule has 1 heterocycles. The average Bonchev–Trinajstić information content (AvgIpc) is 2.39. The molecule has 2 rings (SSSR count). The van der Waals surface area contributed by atoms with Gasteiger partial charge in [0.05, 0.1) is 29.7 Å². The van der Waals surface area contributed by atoms with Crippen LogP contribution in [-0.4, -0.2) is 17.0 Å². The number of anilines is 2. The number of nitriles is 1. The maximum Gasteiger partial charge on any atom is 0.115 e. The van der Waals surface area contributed by atoms with Gasteiger partial charge in [-0.3, -0.25) is 0 Å². The van der Waals surface area contributed by atoms with Gasteiger partial charge in [0.2, 0.25) is 0 Å². The third-order valence-corrected chi connectivity index (χ3v) is 2.30. The Bertz CT molecular complexity index is 516. The van der Waals surface area contributed by atoms with Gasteiger partial charge in [0.1, 0.15) is 6.33 Å². The van der Waals surface area contributed by atoms with Crippen LogP contribution in [-0.2, 0) is 0 Å². The van der Waals surface area contributed by atoms with Crippen LogP contribution in [0.1, 0.15) is 5.56 Å². The zero-order valence-electron chi connectivity index (χ0n) is 8.83. The summed E-state index contributed by atoms with van der Waals surface area (Å²) >= 11 is 0. The van der Waals surface area contributed by atoms with Crippen molar-refractivity contribution in [1.29, 1.82) is 5.26 Å². The van der Waals surface area contributed by atoms with E-state index in [-0.39, 0.29) is 0 Å². The Morgan fingerprint density at radius 2 is 1.94 bits per heavy atom. The lowest BCUT2D eigenvalue weighted by molar-refractivity contribution is 1.11. The quantitative estimate of drug-likeness (QED) is 0.761. The molecule has 16 heavy (non-hydrogen) atoms. The zero-order valence-corrected chi connectivity index (χ0v) is 8.83. The lowest BCUT2D eigenvalue weighted by Gasteiger charge is -2.18. The van der Waals surface area contributed by atoms with Crippen molar-refractivity contribution in [3.05, 3.63) is 48.5 Å². The van der Waals surface area contributed by atoms with E-state index in [1.165, 1.54) is 6.33 Å². The fourth-order valence-corrected chi connectivity index (χ4v) is 1.40. The van der Waals surface area contributed by atoms with E-state index in [1.807, 2.05) is 30.1 Å². The van der Waals surface area contributed by atoms with Crippen LogP contribution in [0, 0.1) is 11.3 Å². The fourth-order valence-electron chi connectivity index (χ4n) is 1.40. The standard InChI is InChI=1S/C12H10N4/c1-16(12-7-14-9-15-8-12)11-4-2-3-10(5-11)6-13/h2-5,7-9H,1H3. The van der Waals surface area contributed by atoms with E-state index in [0.717, 1.165) is 11.4 Å². The molecule has 0 saturated heterocycles. The number of rotatable bonds is 2. The highest BCUT2D eigenvalue weighted by Gasteiger charge is 2.04. The van der Waals surface area contributed by atoms with Crippen LogP contribution in [0.3, 0.4) is 0 Å². The second kappa shape index (κ2) is 4.41. The first-order valence-electron chi connectivity index (χ1n) is 4.80. The Balaban J connectivity index is 2.35. The SMILES string of the molecule is CN(c1cncnc1)c1cccc(C#N)c1. The van der Waals surface area contributed by atoms with Crippen LogP contribution in [0.5, 0.6) is 0 Å². The first-order valence-corrected chi connectivity index (χ1v) is 4.80. The molecule has 0 spiro atoms. The molecular formula is C12H10N4. The molecule has 4 nitrogen and oxygen atoms in total.